The Balaban J connectivity index is 2.67. The van der Waals surface area contributed by atoms with Crippen LogP contribution in [-0.2, 0) is 0 Å². The molecule has 5 N–H and O–H groups in total. The molecule has 0 saturated heterocycles. The van der Waals surface area contributed by atoms with Crippen LogP contribution in [0.1, 0.15) is 6.42 Å². The van der Waals surface area contributed by atoms with Crippen molar-refractivity contribution in [3.05, 3.63) is 12.7 Å². The van der Waals surface area contributed by atoms with Crippen molar-refractivity contribution >= 4 is 18.8 Å². The van der Waals surface area contributed by atoms with Crippen LogP contribution < -0.4 is 5.32 Å². The van der Waals surface area contributed by atoms with Gasteiger partial charge in [0.05, 0.1) is 24.8 Å². The van der Waals surface area contributed by atoms with Crippen LogP contribution >= 0.6 is 12.8 Å². The van der Waals surface area contributed by atoms with E-state index in [0.717, 1.165) is 4.31 Å². The SMILES string of the molecule is C=CCN(S)C(=O)N[C@@H]1[C@@H](O)[C@H](O)[C@@H](CO)C[C@@H]1O. The Bertz CT molecular complexity index is 330. The average molecular weight is 292 g/mol. The molecule has 0 aromatic heterocycles. The molecular formula is C11H20N2O5S. The van der Waals surface area contributed by atoms with Gasteiger partial charge in [-0.1, -0.05) is 18.9 Å². The van der Waals surface area contributed by atoms with Gasteiger partial charge >= 0.3 is 6.03 Å². The number of carbonyl (C=O) groups is 1. The minimum absolute atomic E-state index is 0.0910. The van der Waals surface area contributed by atoms with E-state index < -0.39 is 36.3 Å². The first kappa shape index (κ1) is 16.3. The Hall–Kier alpha value is -0.800. The molecule has 5 atom stereocenters. The van der Waals surface area contributed by atoms with Crippen molar-refractivity contribution in [3.63, 3.8) is 0 Å². The summed E-state index contributed by atoms with van der Waals surface area (Å²) in [6.45, 7) is 3.30. The smallest absolute Gasteiger partial charge is 0.327 e. The van der Waals surface area contributed by atoms with Crippen molar-refractivity contribution in [3.8, 4) is 0 Å². The summed E-state index contributed by atoms with van der Waals surface area (Å²) in [6.07, 6.45) is -2.04. The minimum Gasteiger partial charge on any atom is -0.396 e. The third-order valence-corrected chi connectivity index (χ3v) is 3.57. The number of nitrogens with zero attached hydrogens (tertiary/aromatic N) is 1. The first-order chi connectivity index (χ1) is 8.92. The summed E-state index contributed by atoms with van der Waals surface area (Å²) >= 11 is 3.91. The van der Waals surface area contributed by atoms with Gasteiger partial charge in [-0.25, -0.2) is 4.79 Å². The Morgan fingerprint density at radius 2 is 2.05 bits per heavy atom. The molecule has 1 fully saturated rings. The number of hydrogen-bond acceptors (Lipinski definition) is 6. The molecule has 7 nitrogen and oxygen atoms in total. The quantitative estimate of drug-likeness (QED) is 0.279. The van der Waals surface area contributed by atoms with E-state index in [1.54, 1.807) is 0 Å². The zero-order valence-electron chi connectivity index (χ0n) is 10.4. The normalized spacial score (nSPS) is 34.7. The molecule has 0 aliphatic heterocycles. The van der Waals surface area contributed by atoms with E-state index in [1.165, 1.54) is 6.08 Å². The lowest BCUT2D eigenvalue weighted by Crippen LogP contribution is -2.62. The van der Waals surface area contributed by atoms with Crippen LogP contribution in [0.2, 0.25) is 0 Å². The van der Waals surface area contributed by atoms with Gasteiger partial charge in [0.2, 0.25) is 0 Å². The van der Waals surface area contributed by atoms with Gasteiger partial charge in [-0.2, -0.15) is 0 Å². The first-order valence-electron chi connectivity index (χ1n) is 5.95. The summed E-state index contributed by atoms with van der Waals surface area (Å²) in [6, 6.07) is -1.62. The summed E-state index contributed by atoms with van der Waals surface area (Å²) in [7, 11) is 0. The molecule has 1 saturated carbocycles. The number of hydrogen-bond donors (Lipinski definition) is 6. The van der Waals surface area contributed by atoms with Crippen LogP contribution in [0.4, 0.5) is 4.79 Å². The molecule has 0 aromatic rings. The van der Waals surface area contributed by atoms with E-state index in [2.05, 4.69) is 24.7 Å². The number of thiol groups is 1. The molecule has 0 unspecified atom stereocenters. The van der Waals surface area contributed by atoms with E-state index in [9.17, 15) is 20.1 Å². The molecule has 0 heterocycles. The second-order valence-corrected chi connectivity index (χ2v) is 5.06. The summed E-state index contributed by atoms with van der Waals surface area (Å²) in [4.78, 5) is 11.7. The maximum atomic E-state index is 11.7. The fourth-order valence-electron chi connectivity index (χ4n) is 2.10. The predicted octanol–water partition coefficient (Wildman–Crippen LogP) is -1.51. The van der Waals surface area contributed by atoms with E-state index in [-0.39, 0.29) is 19.6 Å². The van der Waals surface area contributed by atoms with Gasteiger partial charge in [0.1, 0.15) is 6.10 Å². The zero-order valence-corrected chi connectivity index (χ0v) is 11.3. The van der Waals surface area contributed by atoms with Crippen molar-refractivity contribution in [2.75, 3.05) is 13.2 Å². The van der Waals surface area contributed by atoms with E-state index in [1.807, 2.05) is 0 Å². The maximum absolute atomic E-state index is 11.7. The van der Waals surface area contributed by atoms with Gasteiger partial charge < -0.3 is 25.7 Å². The van der Waals surface area contributed by atoms with Crippen LogP contribution in [0.15, 0.2) is 12.7 Å². The minimum atomic E-state index is -1.35. The van der Waals surface area contributed by atoms with Gasteiger partial charge in [-0.15, -0.1) is 6.58 Å². The third-order valence-electron chi connectivity index (χ3n) is 3.22. The molecule has 2 amide bonds. The lowest BCUT2D eigenvalue weighted by atomic mass is 9.80. The van der Waals surface area contributed by atoms with Gasteiger partial charge in [0, 0.05) is 12.5 Å². The molecule has 0 bridgehead atoms. The molecule has 8 heteroatoms. The molecule has 1 aliphatic rings. The van der Waals surface area contributed by atoms with Crippen LogP contribution in [-0.4, -0.2) is 68.3 Å². The van der Waals surface area contributed by atoms with E-state index >= 15 is 0 Å². The fraction of sp³-hybridized carbons (Fsp3) is 0.727. The predicted molar refractivity (Wildman–Crippen MR) is 71.4 cm³/mol. The highest BCUT2D eigenvalue weighted by molar-refractivity contribution is 7.78. The van der Waals surface area contributed by atoms with Crippen molar-refractivity contribution in [2.24, 2.45) is 5.92 Å². The third kappa shape index (κ3) is 3.83. The number of urea groups is 1. The highest BCUT2D eigenvalue weighted by Gasteiger charge is 2.43. The van der Waals surface area contributed by atoms with Crippen LogP contribution in [0, 0.1) is 5.92 Å². The zero-order chi connectivity index (χ0) is 14.6. The van der Waals surface area contributed by atoms with Crippen LogP contribution in [0.3, 0.4) is 0 Å². The largest absolute Gasteiger partial charge is 0.396 e. The topological polar surface area (TPSA) is 113 Å². The van der Waals surface area contributed by atoms with Gasteiger partial charge in [-0.05, 0) is 6.42 Å². The maximum Gasteiger partial charge on any atom is 0.327 e. The van der Waals surface area contributed by atoms with Crippen molar-refractivity contribution in [2.45, 2.75) is 30.8 Å². The second-order valence-electron chi connectivity index (χ2n) is 4.57. The molecule has 0 radical (unpaired) electrons. The fourth-order valence-corrected chi connectivity index (χ4v) is 2.27. The molecule has 0 aromatic carbocycles. The Labute approximate surface area is 117 Å². The molecule has 0 spiro atoms. The standard InChI is InChI=1S/C11H20N2O5S/c1-2-3-13(19)11(18)12-8-7(15)4-6(5-14)9(16)10(8)17/h2,6-10,14-17,19H,1,3-5H2,(H,12,18)/t6-,7+,8+,9-,10-/m1/s1. The van der Waals surface area contributed by atoms with Crippen molar-refractivity contribution in [1.82, 2.24) is 9.62 Å². The molecular weight excluding hydrogens is 272 g/mol. The monoisotopic (exact) mass is 292 g/mol. The Kier molecular flexibility index (Phi) is 6.08. The number of nitrogens with one attached hydrogen (secondary N) is 1. The first-order valence-corrected chi connectivity index (χ1v) is 6.35. The Morgan fingerprint density at radius 3 is 2.58 bits per heavy atom. The number of carbonyl (C=O) groups excluding carboxylic acids is 1. The van der Waals surface area contributed by atoms with Gasteiger partial charge in [0.15, 0.2) is 0 Å². The average Bonchev–Trinajstić information content (AvgIpc) is 2.38. The van der Waals surface area contributed by atoms with E-state index in [0.29, 0.717) is 0 Å². The Morgan fingerprint density at radius 1 is 1.42 bits per heavy atom. The molecule has 19 heavy (non-hydrogen) atoms. The van der Waals surface area contributed by atoms with Crippen LogP contribution in [0.5, 0.6) is 0 Å². The summed E-state index contributed by atoms with van der Waals surface area (Å²) in [5, 5.41) is 40.9. The molecule has 110 valence electrons. The number of amides is 2. The number of aliphatic hydroxyl groups is 4. The van der Waals surface area contributed by atoms with Gasteiger partial charge in [0.25, 0.3) is 0 Å². The number of rotatable bonds is 4. The second kappa shape index (κ2) is 7.11. The lowest BCUT2D eigenvalue weighted by molar-refractivity contribution is -0.112. The lowest BCUT2D eigenvalue weighted by Gasteiger charge is -2.40. The summed E-state index contributed by atoms with van der Waals surface area (Å²) in [5.74, 6) is -0.613. The van der Waals surface area contributed by atoms with Crippen LogP contribution in [0.25, 0.3) is 0 Å². The van der Waals surface area contributed by atoms with E-state index in [4.69, 9.17) is 5.11 Å². The van der Waals surface area contributed by atoms with Gasteiger partial charge in [-0.3, -0.25) is 4.31 Å². The molecule has 1 rings (SSSR count). The highest BCUT2D eigenvalue weighted by Crippen LogP contribution is 2.25. The van der Waals surface area contributed by atoms with Crippen molar-refractivity contribution < 1.29 is 25.2 Å². The molecule has 1 aliphatic carbocycles. The number of aliphatic hydroxyl groups excluding tert-OH is 4. The summed E-state index contributed by atoms with van der Waals surface area (Å²) in [5.41, 5.74) is 0. The highest BCUT2D eigenvalue weighted by atomic mass is 32.1. The van der Waals surface area contributed by atoms with Crippen molar-refractivity contribution in [1.29, 1.82) is 0 Å². The summed E-state index contributed by atoms with van der Waals surface area (Å²) < 4.78 is 1.02.